The molecular formula is C14H21ClN2OS. The van der Waals surface area contributed by atoms with Crippen LogP contribution in [0.5, 0.6) is 5.75 Å². The van der Waals surface area contributed by atoms with E-state index in [1.165, 1.54) is 19.3 Å². The van der Waals surface area contributed by atoms with Gasteiger partial charge in [-0.15, -0.1) is 12.4 Å². The van der Waals surface area contributed by atoms with Crippen LogP contribution in [0.1, 0.15) is 32.6 Å². The highest BCUT2D eigenvalue weighted by Crippen LogP contribution is 2.48. The lowest BCUT2D eigenvalue weighted by atomic mass is 9.65. The lowest BCUT2D eigenvalue weighted by Crippen LogP contribution is -2.64. The van der Waals surface area contributed by atoms with Gasteiger partial charge >= 0.3 is 0 Å². The zero-order chi connectivity index (χ0) is 12.6. The number of nitrogens with two attached hydrogens (primary N) is 1. The molecule has 1 aliphatic heterocycles. The van der Waals surface area contributed by atoms with Crippen molar-refractivity contribution < 1.29 is 4.74 Å². The average molecular weight is 301 g/mol. The standard InChI is InChI=1S/C14H20N2OS.ClH/c1-2-5-10-8-9-14(10,15)13-17-12-7-4-3-6-11(12)16-18-13;/h3-4,6-7,10,13,16H,2,5,8-9,15H2,1H3;1H. The summed E-state index contributed by atoms with van der Waals surface area (Å²) in [6.07, 6.45) is 4.72. The van der Waals surface area contributed by atoms with Crippen molar-refractivity contribution in [3.8, 4) is 5.75 Å². The number of ether oxygens (including phenoxy) is 1. The number of hydrogen-bond acceptors (Lipinski definition) is 4. The zero-order valence-corrected chi connectivity index (χ0v) is 12.7. The first-order valence-corrected chi connectivity index (χ1v) is 7.58. The summed E-state index contributed by atoms with van der Waals surface area (Å²) in [6, 6.07) is 8.05. The summed E-state index contributed by atoms with van der Waals surface area (Å²) in [5, 5.41) is 0. The Hall–Kier alpha value is -0.580. The molecule has 3 atom stereocenters. The van der Waals surface area contributed by atoms with Gasteiger partial charge in [0.25, 0.3) is 0 Å². The van der Waals surface area contributed by atoms with Gasteiger partial charge in [-0.3, -0.25) is 0 Å². The van der Waals surface area contributed by atoms with Crippen LogP contribution >= 0.6 is 24.4 Å². The number of halogens is 1. The van der Waals surface area contributed by atoms with Crippen molar-refractivity contribution in [2.45, 2.75) is 43.6 Å². The molecule has 0 radical (unpaired) electrons. The largest absolute Gasteiger partial charge is 0.474 e. The molecule has 3 nitrogen and oxygen atoms in total. The zero-order valence-electron chi connectivity index (χ0n) is 11.1. The summed E-state index contributed by atoms with van der Waals surface area (Å²) in [5.41, 5.74) is 7.49. The van der Waals surface area contributed by atoms with E-state index in [-0.39, 0.29) is 23.4 Å². The second kappa shape index (κ2) is 5.81. The van der Waals surface area contributed by atoms with Crippen LogP contribution in [0.4, 0.5) is 5.69 Å². The van der Waals surface area contributed by atoms with Gasteiger partial charge in [0.2, 0.25) is 0 Å². The highest BCUT2D eigenvalue weighted by Gasteiger charge is 2.51. The van der Waals surface area contributed by atoms with Crippen LogP contribution < -0.4 is 15.2 Å². The molecule has 5 heteroatoms. The third-order valence-electron chi connectivity index (χ3n) is 4.16. The highest BCUT2D eigenvalue weighted by atomic mass is 35.5. The van der Waals surface area contributed by atoms with Gasteiger partial charge in [0.05, 0.1) is 11.2 Å². The number of benzene rings is 1. The molecular weight excluding hydrogens is 280 g/mol. The number of para-hydroxylation sites is 2. The molecule has 0 aromatic heterocycles. The van der Waals surface area contributed by atoms with Crippen LogP contribution in [-0.2, 0) is 0 Å². The van der Waals surface area contributed by atoms with E-state index in [4.69, 9.17) is 10.5 Å². The van der Waals surface area contributed by atoms with Crippen molar-refractivity contribution in [3.05, 3.63) is 24.3 Å². The first kappa shape index (κ1) is 14.8. The fourth-order valence-electron chi connectivity index (χ4n) is 2.88. The molecule has 3 rings (SSSR count). The smallest absolute Gasteiger partial charge is 0.181 e. The number of nitrogens with one attached hydrogen (secondary N) is 1. The summed E-state index contributed by atoms with van der Waals surface area (Å²) < 4.78 is 9.45. The van der Waals surface area contributed by atoms with E-state index in [0.717, 1.165) is 17.9 Å². The number of hydrogen-bond donors (Lipinski definition) is 2. The van der Waals surface area contributed by atoms with E-state index >= 15 is 0 Å². The third kappa shape index (κ3) is 2.54. The van der Waals surface area contributed by atoms with E-state index in [1.807, 2.05) is 24.3 Å². The fourth-order valence-corrected chi connectivity index (χ4v) is 3.97. The first-order valence-electron chi connectivity index (χ1n) is 6.70. The number of fused-ring (bicyclic) bond motifs is 1. The minimum absolute atomic E-state index is 0. The van der Waals surface area contributed by atoms with Crippen LogP contribution in [-0.4, -0.2) is 11.0 Å². The molecule has 1 saturated carbocycles. The van der Waals surface area contributed by atoms with E-state index < -0.39 is 0 Å². The Balaban J connectivity index is 0.00000133. The fraction of sp³-hybridized carbons (Fsp3) is 0.571. The quantitative estimate of drug-likeness (QED) is 0.834. The lowest BCUT2D eigenvalue weighted by Gasteiger charge is -2.51. The molecule has 106 valence electrons. The molecule has 1 fully saturated rings. The second-order valence-corrected chi connectivity index (χ2v) is 6.17. The van der Waals surface area contributed by atoms with Gasteiger partial charge in [0.15, 0.2) is 5.44 Å². The molecule has 3 unspecified atom stereocenters. The van der Waals surface area contributed by atoms with Gasteiger partial charge in [-0.25, -0.2) is 0 Å². The summed E-state index contributed by atoms with van der Waals surface area (Å²) in [7, 11) is 0. The molecule has 0 saturated heterocycles. The van der Waals surface area contributed by atoms with Crippen LogP contribution in [0.2, 0.25) is 0 Å². The maximum absolute atomic E-state index is 6.58. The maximum atomic E-state index is 6.58. The van der Waals surface area contributed by atoms with Crippen molar-refractivity contribution in [1.29, 1.82) is 0 Å². The first-order chi connectivity index (χ1) is 8.74. The van der Waals surface area contributed by atoms with Crippen molar-refractivity contribution in [1.82, 2.24) is 0 Å². The molecule has 1 heterocycles. The Labute approximate surface area is 125 Å². The molecule has 19 heavy (non-hydrogen) atoms. The normalized spacial score (nSPS) is 32.1. The van der Waals surface area contributed by atoms with E-state index in [9.17, 15) is 0 Å². The van der Waals surface area contributed by atoms with Gasteiger partial charge < -0.3 is 15.2 Å². The Morgan fingerprint density at radius 2 is 2.26 bits per heavy atom. The summed E-state index contributed by atoms with van der Waals surface area (Å²) >= 11 is 1.62. The van der Waals surface area contributed by atoms with Crippen molar-refractivity contribution in [2.75, 3.05) is 4.72 Å². The lowest BCUT2D eigenvalue weighted by molar-refractivity contribution is 0.0411. The molecule has 0 bridgehead atoms. The van der Waals surface area contributed by atoms with Gasteiger partial charge in [-0.2, -0.15) is 0 Å². The van der Waals surface area contributed by atoms with Crippen LogP contribution in [0, 0.1) is 5.92 Å². The number of anilines is 1. The Morgan fingerprint density at radius 1 is 1.47 bits per heavy atom. The van der Waals surface area contributed by atoms with Crippen molar-refractivity contribution >= 4 is 30.0 Å². The van der Waals surface area contributed by atoms with Crippen molar-refractivity contribution in [2.24, 2.45) is 11.7 Å². The predicted molar refractivity (Wildman–Crippen MR) is 83.9 cm³/mol. The third-order valence-corrected chi connectivity index (χ3v) is 5.25. The summed E-state index contributed by atoms with van der Waals surface area (Å²) in [5.74, 6) is 1.53. The monoisotopic (exact) mass is 300 g/mol. The van der Waals surface area contributed by atoms with E-state index in [2.05, 4.69) is 11.6 Å². The van der Waals surface area contributed by atoms with Gasteiger partial charge in [0, 0.05) is 0 Å². The van der Waals surface area contributed by atoms with Crippen molar-refractivity contribution in [3.63, 3.8) is 0 Å². The topological polar surface area (TPSA) is 47.3 Å². The molecule has 0 spiro atoms. The Bertz CT molecular complexity index is 445. The summed E-state index contributed by atoms with van der Waals surface area (Å²) in [6.45, 7) is 2.22. The van der Waals surface area contributed by atoms with Crippen LogP contribution in [0.3, 0.4) is 0 Å². The Morgan fingerprint density at radius 3 is 2.95 bits per heavy atom. The van der Waals surface area contributed by atoms with Gasteiger partial charge in [-0.05, 0) is 49.3 Å². The van der Waals surface area contributed by atoms with Gasteiger partial charge in [-0.1, -0.05) is 25.5 Å². The van der Waals surface area contributed by atoms with Crippen LogP contribution in [0.15, 0.2) is 24.3 Å². The second-order valence-electron chi connectivity index (χ2n) is 5.30. The Kier molecular flexibility index (Phi) is 4.54. The van der Waals surface area contributed by atoms with Crippen LogP contribution in [0.25, 0.3) is 0 Å². The minimum atomic E-state index is -0.165. The minimum Gasteiger partial charge on any atom is -0.474 e. The highest BCUT2D eigenvalue weighted by molar-refractivity contribution is 8.01. The van der Waals surface area contributed by atoms with E-state index in [1.54, 1.807) is 11.9 Å². The van der Waals surface area contributed by atoms with E-state index in [0.29, 0.717) is 5.92 Å². The molecule has 3 N–H and O–H groups in total. The molecule has 2 aliphatic rings. The number of rotatable bonds is 3. The average Bonchev–Trinajstić information content (AvgIpc) is 2.42. The predicted octanol–water partition coefficient (Wildman–Crippen LogP) is 3.79. The SMILES string of the molecule is CCCC1CCC1(N)C1Oc2ccccc2NS1.Cl. The molecule has 1 aromatic rings. The summed E-state index contributed by atoms with van der Waals surface area (Å²) in [4.78, 5) is 0. The maximum Gasteiger partial charge on any atom is 0.181 e. The molecule has 1 aromatic carbocycles. The van der Waals surface area contributed by atoms with Gasteiger partial charge in [0.1, 0.15) is 5.75 Å². The molecule has 1 aliphatic carbocycles. The molecule has 0 amide bonds.